The number of halogens is 6. The zero-order valence-corrected chi connectivity index (χ0v) is 24.4. The SMILES string of the molecule is CCCCCCc1ccc[n+](CCOC(=O)NCCCCCCN=C=O)c1.O=S(=O)([N-]S(=O)(=O)C(F)(F)F)C(F)(F)F. The maximum absolute atomic E-state index is 11.7. The van der Waals surface area contributed by atoms with Crippen LogP contribution >= 0.6 is 0 Å². The summed E-state index contributed by atoms with van der Waals surface area (Å²) >= 11 is 0. The molecule has 11 nitrogen and oxygen atoms in total. The van der Waals surface area contributed by atoms with Gasteiger partial charge in [-0.15, -0.1) is 0 Å². The van der Waals surface area contributed by atoms with Crippen molar-refractivity contribution in [1.29, 1.82) is 0 Å². The van der Waals surface area contributed by atoms with Gasteiger partial charge in [0.1, 0.15) is 0 Å². The Balaban J connectivity index is 0.000000951. The maximum Gasteiger partial charge on any atom is 0.480 e. The summed E-state index contributed by atoms with van der Waals surface area (Å²) in [5, 5.41) is 2.77. The molecule has 0 aromatic carbocycles. The van der Waals surface area contributed by atoms with Gasteiger partial charge in [0.25, 0.3) is 0 Å². The first-order valence-electron chi connectivity index (χ1n) is 12.8. The Hall–Kier alpha value is -2.76. The summed E-state index contributed by atoms with van der Waals surface area (Å²) in [6, 6.07) is 4.21. The number of pyridine rings is 1. The van der Waals surface area contributed by atoms with Gasteiger partial charge in [-0.1, -0.05) is 39.0 Å². The number of rotatable bonds is 17. The van der Waals surface area contributed by atoms with Crippen molar-refractivity contribution in [2.75, 3.05) is 19.7 Å². The summed E-state index contributed by atoms with van der Waals surface area (Å²) in [7, 11) is -13.4. The molecule has 19 heteroatoms. The summed E-state index contributed by atoms with van der Waals surface area (Å²) in [5.41, 5.74) is -11.1. The lowest BCUT2D eigenvalue weighted by Gasteiger charge is -2.22. The number of hydrogen-bond donors (Lipinski definition) is 1. The summed E-state index contributed by atoms with van der Waals surface area (Å²) in [4.78, 5) is 25.1. The Morgan fingerprint density at radius 2 is 1.57 bits per heavy atom. The largest absolute Gasteiger partial charge is 0.480 e. The number of hydrogen-bond acceptors (Lipinski definition) is 8. The number of aliphatic imine (C=N–C) groups is 1. The number of aryl methyl sites for hydroxylation is 1. The topological polar surface area (TPSA) is 154 Å². The van der Waals surface area contributed by atoms with Gasteiger partial charge in [-0.3, -0.25) is 0 Å². The van der Waals surface area contributed by atoms with E-state index in [2.05, 4.69) is 40.1 Å². The van der Waals surface area contributed by atoms with Crippen molar-refractivity contribution in [2.45, 2.75) is 82.3 Å². The van der Waals surface area contributed by atoms with Crippen LogP contribution in [0.1, 0.15) is 63.9 Å². The normalized spacial score (nSPS) is 12.1. The van der Waals surface area contributed by atoms with Gasteiger partial charge in [-0.2, -0.15) is 26.3 Å². The minimum absolute atomic E-state index is 0.361. The van der Waals surface area contributed by atoms with Gasteiger partial charge in [0.2, 0.25) is 6.08 Å². The van der Waals surface area contributed by atoms with Crippen LogP contribution in [-0.2, 0) is 42.5 Å². The van der Waals surface area contributed by atoms with E-state index in [1.54, 1.807) is 0 Å². The number of alkyl halides is 6. The van der Waals surface area contributed by atoms with Crippen molar-refractivity contribution in [3.8, 4) is 0 Å². The number of nitrogens with zero attached hydrogens (tertiary/aromatic N) is 3. The predicted molar refractivity (Wildman–Crippen MR) is 139 cm³/mol. The van der Waals surface area contributed by atoms with E-state index in [9.17, 15) is 52.8 Å². The van der Waals surface area contributed by atoms with E-state index < -0.39 is 31.1 Å². The summed E-state index contributed by atoms with van der Waals surface area (Å²) < 4.78 is 116. The molecular weight excluding hydrogens is 622 g/mol. The lowest BCUT2D eigenvalue weighted by Crippen LogP contribution is -2.37. The molecule has 0 aliphatic carbocycles. The van der Waals surface area contributed by atoms with Crippen LogP contribution < -0.4 is 9.88 Å². The Kier molecular flexibility index (Phi) is 18.2. The van der Waals surface area contributed by atoms with Crippen molar-refractivity contribution in [3.05, 3.63) is 34.2 Å². The van der Waals surface area contributed by atoms with Crippen LogP contribution in [0.4, 0.5) is 31.1 Å². The number of amides is 1. The van der Waals surface area contributed by atoms with Gasteiger partial charge in [-0.05, 0) is 31.7 Å². The van der Waals surface area contributed by atoms with E-state index in [0.29, 0.717) is 26.2 Å². The number of ether oxygens (including phenoxy) is 1. The molecule has 1 heterocycles. The van der Waals surface area contributed by atoms with Gasteiger partial charge < -0.3 is 14.2 Å². The Bertz CT molecular complexity index is 1160. The van der Waals surface area contributed by atoms with Gasteiger partial charge in [-0.25, -0.2) is 36.0 Å². The fourth-order valence-electron chi connectivity index (χ4n) is 3.03. The lowest BCUT2D eigenvalue weighted by atomic mass is 10.1. The van der Waals surface area contributed by atoms with Crippen molar-refractivity contribution in [1.82, 2.24) is 5.32 Å². The average molecular weight is 657 g/mol. The van der Waals surface area contributed by atoms with Gasteiger partial charge >= 0.3 is 17.1 Å². The molecule has 0 saturated heterocycles. The van der Waals surface area contributed by atoms with Gasteiger partial charge in [0, 0.05) is 18.2 Å². The third-order valence-electron chi connectivity index (χ3n) is 5.13. The Morgan fingerprint density at radius 3 is 2.14 bits per heavy atom. The molecule has 1 aromatic rings. The molecule has 1 rings (SSSR count). The zero-order valence-electron chi connectivity index (χ0n) is 22.8. The first kappa shape index (κ1) is 39.2. The van der Waals surface area contributed by atoms with E-state index in [-0.39, 0.29) is 6.09 Å². The molecule has 0 aliphatic heterocycles. The van der Waals surface area contributed by atoms with Crippen molar-refractivity contribution in [2.24, 2.45) is 4.99 Å². The molecular formula is C23H34F6N4O7S2. The fraction of sp³-hybridized carbons (Fsp3) is 0.696. The van der Waals surface area contributed by atoms with Crippen LogP contribution in [0.25, 0.3) is 4.13 Å². The van der Waals surface area contributed by atoms with Crippen LogP contribution in [0.5, 0.6) is 0 Å². The second-order valence-corrected chi connectivity index (χ2v) is 12.0. The molecule has 1 N–H and O–H groups in total. The number of alkyl carbamates (subject to hydrolysis) is 1. The third-order valence-corrected chi connectivity index (χ3v) is 7.87. The molecule has 1 amide bonds. The number of unbranched alkanes of at least 4 members (excludes halogenated alkanes) is 6. The quantitative estimate of drug-likeness (QED) is 0.0833. The number of nitrogens with one attached hydrogen (secondary N) is 1. The van der Waals surface area contributed by atoms with Crippen LogP contribution in [0.15, 0.2) is 29.5 Å². The molecule has 0 radical (unpaired) electrons. The second kappa shape index (κ2) is 19.4. The molecule has 0 unspecified atom stereocenters. The van der Waals surface area contributed by atoms with E-state index in [1.807, 2.05) is 6.20 Å². The van der Waals surface area contributed by atoms with Crippen molar-refractivity contribution < 1.29 is 62.1 Å². The molecule has 0 bridgehead atoms. The predicted octanol–water partition coefficient (Wildman–Crippen LogP) is 4.78. The molecule has 0 fully saturated rings. The van der Waals surface area contributed by atoms with Gasteiger partial charge in [0.15, 0.2) is 45.6 Å². The highest BCUT2D eigenvalue weighted by atomic mass is 32.3. The number of carbonyl (C=O) groups is 1. The molecule has 1 aromatic heterocycles. The lowest BCUT2D eigenvalue weighted by molar-refractivity contribution is -0.698. The van der Waals surface area contributed by atoms with Crippen molar-refractivity contribution in [3.63, 3.8) is 0 Å². The third kappa shape index (κ3) is 17.3. The smallest absolute Gasteiger partial charge is 0.443 e. The maximum atomic E-state index is 11.7. The van der Waals surface area contributed by atoms with Crippen LogP contribution in [0, 0.1) is 0 Å². The van der Waals surface area contributed by atoms with E-state index >= 15 is 0 Å². The number of aromatic nitrogens is 1. The molecule has 0 aliphatic rings. The molecule has 0 spiro atoms. The average Bonchev–Trinajstić information content (AvgIpc) is 2.87. The van der Waals surface area contributed by atoms with Crippen LogP contribution in [0.2, 0.25) is 0 Å². The summed E-state index contributed by atoms with van der Waals surface area (Å²) in [5.74, 6) is 0. The van der Waals surface area contributed by atoms with E-state index in [0.717, 1.165) is 36.2 Å². The highest BCUT2D eigenvalue weighted by Gasteiger charge is 2.46. The van der Waals surface area contributed by atoms with Crippen LogP contribution in [-0.4, -0.2) is 59.7 Å². The fourth-order valence-corrected chi connectivity index (χ4v) is 4.74. The first-order chi connectivity index (χ1) is 19.5. The minimum Gasteiger partial charge on any atom is -0.443 e. The van der Waals surface area contributed by atoms with Crippen LogP contribution in [0.3, 0.4) is 0 Å². The zero-order chi connectivity index (χ0) is 32.3. The summed E-state index contributed by atoms with van der Waals surface area (Å²) in [6.45, 7) is 4.39. The standard InChI is InChI=1S/C21H33N3O3.C2F6NO4S2/c1-2-3-4-7-11-20-12-10-15-24(18-20)16-17-27-21(26)23-14-9-6-5-8-13-22-19-25;3-1(4,5)14(10,11)9-15(12,13)2(6,7)8/h10,12,15,18H,2-9,11,13-14,16-17H2,1H3;/q;-1/p+1. The highest BCUT2D eigenvalue weighted by molar-refractivity contribution is 8.13. The van der Waals surface area contributed by atoms with Crippen molar-refractivity contribution >= 4 is 32.2 Å². The van der Waals surface area contributed by atoms with E-state index in [1.165, 1.54) is 37.3 Å². The second-order valence-electron chi connectivity index (χ2n) is 8.63. The molecule has 242 valence electrons. The highest BCUT2D eigenvalue weighted by Crippen LogP contribution is 2.36. The molecule has 0 saturated carbocycles. The molecule has 42 heavy (non-hydrogen) atoms. The Labute approximate surface area is 240 Å². The molecule has 0 atom stereocenters. The number of sulfonamides is 2. The van der Waals surface area contributed by atoms with E-state index in [4.69, 9.17) is 4.74 Å². The minimum atomic E-state index is -6.72. The number of isocyanates is 1. The Morgan fingerprint density at radius 1 is 0.976 bits per heavy atom. The van der Waals surface area contributed by atoms with Gasteiger partial charge in [0.05, 0.1) is 6.54 Å². The first-order valence-corrected chi connectivity index (χ1v) is 15.6. The monoisotopic (exact) mass is 656 g/mol. The summed E-state index contributed by atoms with van der Waals surface area (Å²) in [6.07, 6.45) is 15.2. The number of carbonyl (C=O) groups excluding carboxylic acids is 2.